The largest absolute Gasteiger partial charge is 0.501 e. The molecule has 150 valence electrons. The van der Waals surface area contributed by atoms with Crippen LogP contribution in [0.4, 0.5) is 24.5 Å². The number of carbonyl (C=O) groups excluding carboxylic acids is 1. The summed E-state index contributed by atoms with van der Waals surface area (Å²) in [5.74, 6) is -1.23. The molecule has 6 nitrogen and oxygen atoms in total. The number of rotatable bonds is 3. The number of carbonyl (C=O) groups is 1. The molecule has 2 aromatic rings. The van der Waals surface area contributed by atoms with Crippen LogP contribution in [0.2, 0.25) is 0 Å². The van der Waals surface area contributed by atoms with Crippen molar-refractivity contribution in [1.82, 2.24) is 0 Å². The first-order chi connectivity index (χ1) is 13.5. The first-order valence-corrected chi connectivity index (χ1v) is 9.63. The van der Waals surface area contributed by atoms with E-state index in [2.05, 4.69) is 15.9 Å². The smallest absolute Gasteiger partial charge is 0.416 e. The maximum absolute atomic E-state index is 13.0. The molecule has 29 heavy (non-hydrogen) atoms. The lowest BCUT2D eigenvalue weighted by molar-refractivity contribution is -0.386. The van der Waals surface area contributed by atoms with Crippen molar-refractivity contribution in [3.8, 4) is 5.75 Å². The van der Waals surface area contributed by atoms with Crippen LogP contribution in [0.25, 0.3) is 6.08 Å². The van der Waals surface area contributed by atoms with E-state index in [0.717, 1.165) is 34.9 Å². The second kappa shape index (κ2) is 7.76. The highest BCUT2D eigenvalue weighted by molar-refractivity contribution is 9.10. The van der Waals surface area contributed by atoms with Crippen molar-refractivity contribution >= 4 is 67.6 Å². The van der Waals surface area contributed by atoms with Crippen molar-refractivity contribution in [2.45, 2.75) is 6.18 Å². The molecule has 0 aromatic heterocycles. The van der Waals surface area contributed by atoms with E-state index >= 15 is 0 Å². The van der Waals surface area contributed by atoms with Gasteiger partial charge in [-0.1, -0.05) is 30.0 Å². The Labute approximate surface area is 179 Å². The number of amides is 1. The van der Waals surface area contributed by atoms with Gasteiger partial charge in [0.15, 0.2) is 4.32 Å². The van der Waals surface area contributed by atoms with Crippen LogP contribution in [0.1, 0.15) is 11.1 Å². The second-order valence-corrected chi connectivity index (χ2v) is 8.22. The molecule has 1 amide bonds. The molecule has 0 aliphatic carbocycles. The average Bonchev–Trinajstić information content (AvgIpc) is 2.90. The number of hydrogen-bond acceptors (Lipinski definition) is 6. The summed E-state index contributed by atoms with van der Waals surface area (Å²) >= 11 is 8.98. The monoisotopic (exact) mass is 504 g/mol. The molecule has 2 aromatic carbocycles. The highest BCUT2D eigenvalue weighted by Crippen LogP contribution is 2.40. The number of nitro benzene ring substituents is 1. The van der Waals surface area contributed by atoms with Gasteiger partial charge in [0.05, 0.1) is 25.6 Å². The Morgan fingerprint density at radius 2 is 1.97 bits per heavy atom. The molecule has 3 rings (SSSR count). The fraction of sp³-hybridized carbons (Fsp3) is 0.0588. The van der Waals surface area contributed by atoms with Crippen molar-refractivity contribution in [3.05, 3.63) is 67.0 Å². The molecule has 1 N–H and O–H groups in total. The van der Waals surface area contributed by atoms with Gasteiger partial charge >= 0.3 is 11.9 Å². The number of alkyl halides is 3. The highest BCUT2D eigenvalue weighted by atomic mass is 79.9. The van der Waals surface area contributed by atoms with Gasteiger partial charge in [-0.25, -0.2) is 0 Å². The summed E-state index contributed by atoms with van der Waals surface area (Å²) in [6.45, 7) is 0. The predicted molar refractivity (Wildman–Crippen MR) is 110 cm³/mol. The van der Waals surface area contributed by atoms with Crippen LogP contribution in [-0.4, -0.2) is 20.3 Å². The standard InChI is InChI=1S/C17H8BrF3N2O4S2/c18-11-4-8(5-12(14(11)24)23(26)27)6-13-15(25)22(16(28)29-13)10-3-1-2-9(7-10)17(19,20)21/h1-7,24H. The summed E-state index contributed by atoms with van der Waals surface area (Å²) < 4.78 is 38.9. The highest BCUT2D eigenvalue weighted by Gasteiger charge is 2.36. The number of aromatic hydroxyl groups is 1. The van der Waals surface area contributed by atoms with Crippen molar-refractivity contribution in [3.63, 3.8) is 0 Å². The Morgan fingerprint density at radius 1 is 1.28 bits per heavy atom. The maximum atomic E-state index is 13.0. The SMILES string of the molecule is O=C1C(=Cc2cc(Br)c(O)c([N+](=O)[O-])c2)SC(=S)N1c1cccc(C(F)(F)F)c1. The third-order valence-electron chi connectivity index (χ3n) is 3.79. The van der Waals surface area contributed by atoms with Crippen LogP contribution < -0.4 is 4.90 Å². The van der Waals surface area contributed by atoms with E-state index in [1.54, 1.807) is 0 Å². The number of phenols is 1. The Bertz CT molecular complexity index is 1090. The minimum Gasteiger partial charge on any atom is -0.501 e. The molecule has 0 unspecified atom stereocenters. The number of anilines is 1. The quantitative estimate of drug-likeness (QED) is 0.257. The summed E-state index contributed by atoms with van der Waals surface area (Å²) in [7, 11) is 0. The Morgan fingerprint density at radius 3 is 2.59 bits per heavy atom. The molecule has 1 aliphatic rings. The van der Waals surface area contributed by atoms with Crippen LogP contribution in [0.15, 0.2) is 45.8 Å². The third-order valence-corrected chi connectivity index (χ3v) is 5.69. The normalized spacial score (nSPS) is 16.0. The van der Waals surface area contributed by atoms with Crippen molar-refractivity contribution < 1.29 is 28.0 Å². The van der Waals surface area contributed by atoms with Crippen molar-refractivity contribution in [2.75, 3.05) is 4.90 Å². The van der Waals surface area contributed by atoms with Gasteiger partial charge in [-0.05, 0) is 51.8 Å². The zero-order valence-corrected chi connectivity index (χ0v) is 17.2. The molecule has 1 fully saturated rings. The summed E-state index contributed by atoms with van der Waals surface area (Å²) in [4.78, 5) is 24.0. The van der Waals surface area contributed by atoms with E-state index in [9.17, 15) is 33.2 Å². The van der Waals surface area contributed by atoms with Crippen LogP contribution in [0.5, 0.6) is 5.75 Å². The fourth-order valence-corrected chi connectivity index (χ4v) is 4.26. The van der Waals surface area contributed by atoms with Gasteiger partial charge in [-0.3, -0.25) is 19.8 Å². The van der Waals surface area contributed by atoms with E-state index in [0.29, 0.717) is 0 Å². The van der Waals surface area contributed by atoms with Gasteiger partial charge in [0.1, 0.15) is 0 Å². The lowest BCUT2D eigenvalue weighted by Crippen LogP contribution is -2.27. The van der Waals surface area contributed by atoms with E-state index in [-0.39, 0.29) is 24.9 Å². The van der Waals surface area contributed by atoms with E-state index in [1.165, 1.54) is 24.3 Å². The molecule has 0 atom stereocenters. The van der Waals surface area contributed by atoms with Crippen LogP contribution in [-0.2, 0) is 11.0 Å². The fourth-order valence-electron chi connectivity index (χ4n) is 2.49. The number of thiocarbonyl (C=S) groups is 1. The molecule has 1 aliphatic heterocycles. The van der Waals surface area contributed by atoms with Crippen LogP contribution in [0.3, 0.4) is 0 Å². The number of benzene rings is 2. The number of hydrogen-bond donors (Lipinski definition) is 1. The van der Waals surface area contributed by atoms with Crippen molar-refractivity contribution in [2.24, 2.45) is 0 Å². The van der Waals surface area contributed by atoms with Gasteiger partial charge in [0.25, 0.3) is 5.91 Å². The second-order valence-electron chi connectivity index (χ2n) is 5.69. The topological polar surface area (TPSA) is 83.7 Å². The van der Waals surface area contributed by atoms with Gasteiger partial charge in [0.2, 0.25) is 5.75 Å². The molecule has 0 radical (unpaired) electrons. The van der Waals surface area contributed by atoms with Gasteiger partial charge in [0, 0.05) is 6.07 Å². The maximum Gasteiger partial charge on any atom is 0.416 e. The number of thioether (sulfide) groups is 1. The summed E-state index contributed by atoms with van der Waals surface area (Å²) in [6.07, 6.45) is -3.27. The van der Waals surface area contributed by atoms with Crippen LogP contribution in [0, 0.1) is 10.1 Å². The molecule has 1 heterocycles. The molecular weight excluding hydrogens is 497 g/mol. The Balaban J connectivity index is 1.99. The zero-order valence-electron chi connectivity index (χ0n) is 13.9. The van der Waals surface area contributed by atoms with Gasteiger partial charge < -0.3 is 5.11 Å². The van der Waals surface area contributed by atoms with Gasteiger partial charge in [-0.2, -0.15) is 13.2 Å². The molecule has 1 saturated heterocycles. The minimum absolute atomic E-state index is 0.0212. The third kappa shape index (κ3) is 4.28. The van der Waals surface area contributed by atoms with E-state index in [4.69, 9.17) is 12.2 Å². The van der Waals surface area contributed by atoms with Crippen LogP contribution >= 0.6 is 39.9 Å². The number of nitro groups is 1. The molecule has 0 saturated carbocycles. The molecule has 0 bridgehead atoms. The zero-order chi connectivity index (χ0) is 21.5. The number of halogens is 4. The van der Waals surface area contributed by atoms with E-state index in [1.807, 2.05) is 0 Å². The predicted octanol–water partition coefficient (Wildman–Crippen LogP) is 5.49. The average molecular weight is 505 g/mol. The molecular formula is C17H8BrF3N2O4S2. The number of phenolic OH excluding ortho intramolecular Hbond substituents is 1. The lowest BCUT2D eigenvalue weighted by atomic mass is 10.1. The number of nitrogens with zero attached hydrogens (tertiary/aromatic N) is 2. The lowest BCUT2D eigenvalue weighted by Gasteiger charge is -2.16. The summed E-state index contributed by atoms with van der Waals surface area (Å²) in [5.41, 5.74) is -1.31. The first kappa shape index (κ1) is 21.3. The minimum atomic E-state index is -4.58. The molecule has 12 heteroatoms. The van der Waals surface area contributed by atoms with Crippen molar-refractivity contribution in [1.29, 1.82) is 0 Å². The Kier molecular flexibility index (Phi) is 5.70. The van der Waals surface area contributed by atoms with Gasteiger partial charge in [-0.15, -0.1) is 0 Å². The summed E-state index contributed by atoms with van der Waals surface area (Å²) in [6, 6.07) is 6.61. The molecule has 0 spiro atoms. The Hall–Kier alpha value is -2.44. The summed E-state index contributed by atoms with van der Waals surface area (Å²) in [5, 5.41) is 20.8. The van der Waals surface area contributed by atoms with E-state index < -0.39 is 34.0 Å². The first-order valence-electron chi connectivity index (χ1n) is 7.61.